The molecule has 4 heteroatoms. The number of para-hydroxylation sites is 1. The summed E-state index contributed by atoms with van der Waals surface area (Å²) in [4.78, 5) is 4.20. The van der Waals surface area contributed by atoms with Gasteiger partial charge in [0.2, 0.25) is 0 Å². The first-order valence-corrected chi connectivity index (χ1v) is 6.10. The quantitative estimate of drug-likeness (QED) is 0.943. The van der Waals surface area contributed by atoms with Gasteiger partial charge in [-0.15, -0.1) is 0 Å². The molecule has 0 amide bonds. The number of rotatable bonds is 4. The molecule has 0 aliphatic heterocycles. The van der Waals surface area contributed by atoms with E-state index in [1.54, 1.807) is 6.20 Å². The minimum absolute atomic E-state index is 0.219. The Balaban J connectivity index is 1.97. The molecule has 0 aliphatic rings. The summed E-state index contributed by atoms with van der Waals surface area (Å²) in [5, 5.41) is 0. The fourth-order valence-electron chi connectivity index (χ4n) is 1.42. The molecule has 2 rings (SSSR count). The van der Waals surface area contributed by atoms with Crippen molar-refractivity contribution >= 4 is 15.9 Å². The van der Waals surface area contributed by atoms with E-state index in [4.69, 9.17) is 10.5 Å². The Morgan fingerprint density at radius 1 is 1.18 bits per heavy atom. The number of nitrogens with two attached hydrogens (primary N) is 1. The van der Waals surface area contributed by atoms with Gasteiger partial charge in [0.05, 0.1) is 16.2 Å². The zero-order valence-electron chi connectivity index (χ0n) is 9.21. The highest BCUT2D eigenvalue weighted by molar-refractivity contribution is 9.10. The van der Waals surface area contributed by atoms with Crippen LogP contribution in [0.25, 0.3) is 0 Å². The second kappa shape index (κ2) is 5.80. The molecule has 17 heavy (non-hydrogen) atoms. The second-order valence-electron chi connectivity index (χ2n) is 3.60. The number of ether oxygens (including phenoxy) is 1. The van der Waals surface area contributed by atoms with E-state index in [1.807, 2.05) is 42.5 Å². The van der Waals surface area contributed by atoms with Crippen molar-refractivity contribution in [3.8, 4) is 5.75 Å². The summed E-state index contributed by atoms with van der Waals surface area (Å²) in [7, 11) is 0. The van der Waals surface area contributed by atoms with Crippen LogP contribution in [-0.4, -0.2) is 11.6 Å². The van der Waals surface area contributed by atoms with Gasteiger partial charge in [-0.3, -0.25) is 4.98 Å². The zero-order valence-corrected chi connectivity index (χ0v) is 10.8. The summed E-state index contributed by atoms with van der Waals surface area (Å²) in [5.74, 6) is 0.791. The molecule has 2 aromatic rings. The van der Waals surface area contributed by atoms with Gasteiger partial charge in [0.15, 0.2) is 0 Å². The summed E-state index contributed by atoms with van der Waals surface area (Å²) >= 11 is 3.42. The van der Waals surface area contributed by atoms with Gasteiger partial charge >= 0.3 is 0 Å². The summed E-state index contributed by atoms with van der Waals surface area (Å²) in [6.07, 6.45) is 1.73. The first kappa shape index (κ1) is 12.1. The number of benzene rings is 1. The van der Waals surface area contributed by atoms with Crippen LogP contribution in [0, 0.1) is 0 Å². The zero-order chi connectivity index (χ0) is 12.1. The molecular formula is C13H13BrN2O. The number of pyridine rings is 1. The van der Waals surface area contributed by atoms with Crippen molar-refractivity contribution in [1.82, 2.24) is 4.98 Å². The van der Waals surface area contributed by atoms with Crippen molar-refractivity contribution in [2.75, 3.05) is 6.61 Å². The lowest BCUT2D eigenvalue weighted by atomic mass is 10.2. The van der Waals surface area contributed by atoms with Gasteiger partial charge in [0.1, 0.15) is 12.4 Å². The summed E-state index contributed by atoms with van der Waals surface area (Å²) < 4.78 is 6.57. The molecule has 0 spiro atoms. The highest BCUT2D eigenvalue weighted by Gasteiger charge is 2.08. The van der Waals surface area contributed by atoms with Crippen molar-refractivity contribution in [2.45, 2.75) is 6.04 Å². The molecule has 2 N–H and O–H groups in total. The third kappa shape index (κ3) is 3.28. The third-order valence-corrected chi connectivity index (χ3v) is 2.98. The molecule has 3 nitrogen and oxygen atoms in total. The number of hydrogen-bond acceptors (Lipinski definition) is 3. The van der Waals surface area contributed by atoms with Crippen LogP contribution in [0.3, 0.4) is 0 Å². The highest BCUT2D eigenvalue weighted by atomic mass is 79.9. The Hall–Kier alpha value is -1.39. The van der Waals surface area contributed by atoms with Crippen molar-refractivity contribution in [3.05, 3.63) is 58.8 Å². The van der Waals surface area contributed by atoms with Gasteiger partial charge in [0, 0.05) is 6.20 Å². The summed E-state index contributed by atoms with van der Waals surface area (Å²) in [6.45, 7) is 0.402. The fourth-order valence-corrected chi connectivity index (χ4v) is 1.82. The Morgan fingerprint density at radius 2 is 1.94 bits per heavy atom. The van der Waals surface area contributed by atoms with E-state index >= 15 is 0 Å². The Bertz CT molecular complexity index is 476. The Kier molecular flexibility index (Phi) is 4.12. The van der Waals surface area contributed by atoms with Crippen molar-refractivity contribution in [1.29, 1.82) is 0 Å². The second-order valence-corrected chi connectivity index (χ2v) is 4.46. The Morgan fingerprint density at radius 3 is 2.65 bits per heavy atom. The molecule has 1 atom stereocenters. The number of nitrogens with zero attached hydrogens (tertiary/aromatic N) is 1. The molecule has 0 aliphatic carbocycles. The largest absolute Gasteiger partial charge is 0.490 e. The fraction of sp³-hybridized carbons (Fsp3) is 0.154. The standard InChI is InChI=1S/C13H13BrN2O/c14-10-5-1-2-7-13(10)17-9-11(15)12-6-3-4-8-16-12/h1-8,11H,9,15H2. The molecule has 88 valence electrons. The van der Waals surface area contributed by atoms with E-state index in [0.717, 1.165) is 15.9 Å². The third-order valence-electron chi connectivity index (χ3n) is 2.32. The maximum Gasteiger partial charge on any atom is 0.133 e. The van der Waals surface area contributed by atoms with Gasteiger partial charge in [-0.1, -0.05) is 18.2 Å². The first-order chi connectivity index (χ1) is 8.27. The molecule has 1 aromatic carbocycles. The van der Waals surface area contributed by atoms with Crippen LogP contribution in [0.15, 0.2) is 53.1 Å². The maximum atomic E-state index is 5.99. The molecule has 0 bridgehead atoms. The van der Waals surface area contributed by atoms with Crippen LogP contribution < -0.4 is 10.5 Å². The SMILES string of the molecule is NC(COc1ccccc1Br)c1ccccn1. The van der Waals surface area contributed by atoms with E-state index in [-0.39, 0.29) is 6.04 Å². The average molecular weight is 293 g/mol. The molecule has 0 saturated carbocycles. The Labute approximate surface area is 109 Å². The van der Waals surface area contributed by atoms with E-state index in [2.05, 4.69) is 20.9 Å². The van der Waals surface area contributed by atoms with Crippen LogP contribution in [0.2, 0.25) is 0 Å². The number of halogens is 1. The molecule has 0 saturated heterocycles. The highest BCUT2D eigenvalue weighted by Crippen LogP contribution is 2.24. The van der Waals surface area contributed by atoms with Crippen LogP contribution in [0.5, 0.6) is 5.75 Å². The normalized spacial score (nSPS) is 12.1. The topological polar surface area (TPSA) is 48.1 Å². The summed E-state index contributed by atoms with van der Waals surface area (Å²) in [5.41, 5.74) is 6.82. The monoisotopic (exact) mass is 292 g/mol. The molecular weight excluding hydrogens is 280 g/mol. The smallest absolute Gasteiger partial charge is 0.133 e. The maximum absolute atomic E-state index is 5.99. The first-order valence-electron chi connectivity index (χ1n) is 5.31. The minimum Gasteiger partial charge on any atom is -0.490 e. The predicted octanol–water partition coefficient (Wildman–Crippen LogP) is 2.92. The molecule has 0 radical (unpaired) electrons. The van der Waals surface area contributed by atoms with Crippen LogP contribution in [-0.2, 0) is 0 Å². The van der Waals surface area contributed by atoms with Gasteiger partial charge in [0.25, 0.3) is 0 Å². The predicted molar refractivity (Wildman–Crippen MR) is 70.8 cm³/mol. The summed E-state index contributed by atoms with van der Waals surface area (Å²) in [6, 6.07) is 13.2. The average Bonchev–Trinajstić information content (AvgIpc) is 2.38. The van der Waals surface area contributed by atoms with Gasteiger partial charge in [-0.05, 0) is 40.2 Å². The van der Waals surface area contributed by atoms with Gasteiger partial charge in [-0.2, -0.15) is 0 Å². The van der Waals surface area contributed by atoms with Crippen LogP contribution in [0.1, 0.15) is 11.7 Å². The van der Waals surface area contributed by atoms with E-state index in [0.29, 0.717) is 6.61 Å². The minimum atomic E-state index is -0.219. The van der Waals surface area contributed by atoms with Crippen LogP contribution in [0.4, 0.5) is 0 Å². The van der Waals surface area contributed by atoms with E-state index in [9.17, 15) is 0 Å². The molecule has 1 unspecified atom stereocenters. The molecule has 1 heterocycles. The number of hydrogen-bond donors (Lipinski definition) is 1. The lowest BCUT2D eigenvalue weighted by Crippen LogP contribution is -2.20. The van der Waals surface area contributed by atoms with Crippen LogP contribution >= 0.6 is 15.9 Å². The van der Waals surface area contributed by atoms with Crippen molar-refractivity contribution in [2.24, 2.45) is 5.73 Å². The number of aromatic nitrogens is 1. The lowest BCUT2D eigenvalue weighted by Gasteiger charge is -2.13. The van der Waals surface area contributed by atoms with E-state index in [1.165, 1.54) is 0 Å². The molecule has 0 fully saturated rings. The van der Waals surface area contributed by atoms with Crippen molar-refractivity contribution in [3.63, 3.8) is 0 Å². The van der Waals surface area contributed by atoms with Gasteiger partial charge < -0.3 is 10.5 Å². The van der Waals surface area contributed by atoms with Crippen molar-refractivity contribution < 1.29 is 4.74 Å². The van der Waals surface area contributed by atoms with Gasteiger partial charge in [-0.25, -0.2) is 0 Å². The lowest BCUT2D eigenvalue weighted by molar-refractivity contribution is 0.287. The van der Waals surface area contributed by atoms with E-state index < -0.39 is 0 Å². The molecule has 1 aromatic heterocycles.